The van der Waals surface area contributed by atoms with E-state index in [1.807, 2.05) is 13.8 Å². The number of nitrogens with one attached hydrogen (secondary N) is 1. The summed E-state index contributed by atoms with van der Waals surface area (Å²) >= 11 is 0. The fourth-order valence-electron chi connectivity index (χ4n) is 0.948. The van der Waals surface area contributed by atoms with Crippen LogP contribution in [0.1, 0.15) is 48.5 Å². The van der Waals surface area contributed by atoms with E-state index in [1.165, 1.54) is 0 Å². The van der Waals surface area contributed by atoms with E-state index in [-0.39, 0.29) is 5.92 Å². The van der Waals surface area contributed by atoms with Crippen LogP contribution < -0.4 is 5.32 Å². The number of aliphatic carboxylic acids is 1. The van der Waals surface area contributed by atoms with Gasteiger partial charge in [0.15, 0.2) is 0 Å². The Bertz CT molecular complexity index is 243. The Labute approximate surface area is 104 Å². The van der Waals surface area contributed by atoms with Crippen molar-refractivity contribution in [3.8, 4) is 0 Å². The van der Waals surface area contributed by atoms with Gasteiger partial charge in [-0.05, 0) is 26.7 Å². The molecule has 0 fully saturated rings. The minimum absolute atomic E-state index is 0.185. The van der Waals surface area contributed by atoms with Gasteiger partial charge in [-0.1, -0.05) is 27.7 Å². The van der Waals surface area contributed by atoms with Crippen molar-refractivity contribution >= 4 is 12.1 Å². The van der Waals surface area contributed by atoms with Crippen molar-refractivity contribution in [2.45, 2.75) is 60.1 Å². The third kappa shape index (κ3) is 9.66. The molecule has 1 unspecified atom stereocenters. The largest absolute Gasteiger partial charge is 0.480 e. The average molecular weight is 247 g/mol. The Kier molecular flexibility index (Phi) is 8.44. The van der Waals surface area contributed by atoms with Gasteiger partial charge in [-0.25, -0.2) is 9.59 Å². The van der Waals surface area contributed by atoms with Crippen LogP contribution in [-0.2, 0) is 9.53 Å². The SMILES string of the molecule is CC.CC(C)C(NC(=O)OC(C)(C)C)C(=O)O. The van der Waals surface area contributed by atoms with Gasteiger partial charge in [-0.2, -0.15) is 0 Å². The molecule has 1 amide bonds. The molecule has 0 heterocycles. The zero-order chi connectivity index (χ0) is 14.2. The molecule has 0 rings (SSSR count). The second kappa shape index (κ2) is 7.92. The van der Waals surface area contributed by atoms with Crippen LogP contribution in [0.15, 0.2) is 0 Å². The highest BCUT2D eigenvalue weighted by molar-refractivity contribution is 5.80. The van der Waals surface area contributed by atoms with Crippen molar-refractivity contribution in [2.24, 2.45) is 5.92 Å². The van der Waals surface area contributed by atoms with Gasteiger partial charge in [-0.15, -0.1) is 0 Å². The Morgan fingerprint density at radius 1 is 1.18 bits per heavy atom. The van der Waals surface area contributed by atoms with Gasteiger partial charge < -0.3 is 15.2 Å². The fraction of sp³-hybridized carbons (Fsp3) is 0.833. The minimum atomic E-state index is -1.06. The molecular formula is C12H25NO4. The van der Waals surface area contributed by atoms with Crippen LogP contribution >= 0.6 is 0 Å². The maximum Gasteiger partial charge on any atom is 0.408 e. The lowest BCUT2D eigenvalue weighted by Crippen LogP contribution is -2.46. The van der Waals surface area contributed by atoms with Gasteiger partial charge in [0.1, 0.15) is 11.6 Å². The maximum atomic E-state index is 11.3. The molecule has 5 nitrogen and oxygen atoms in total. The molecule has 1 atom stereocenters. The van der Waals surface area contributed by atoms with Gasteiger partial charge in [0.2, 0.25) is 0 Å². The van der Waals surface area contributed by atoms with E-state index in [1.54, 1.807) is 34.6 Å². The molecule has 0 radical (unpaired) electrons. The first-order valence-corrected chi connectivity index (χ1v) is 5.86. The molecular weight excluding hydrogens is 222 g/mol. The summed E-state index contributed by atoms with van der Waals surface area (Å²) in [4.78, 5) is 22.1. The van der Waals surface area contributed by atoms with Gasteiger partial charge >= 0.3 is 12.1 Å². The van der Waals surface area contributed by atoms with Gasteiger partial charge in [0.05, 0.1) is 0 Å². The Hall–Kier alpha value is -1.26. The van der Waals surface area contributed by atoms with E-state index < -0.39 is 23.7 Å². The normalized spacial score (nSPS) is 12.2. The molecule has 0 aromatic carbocycles. The van der Waals surface area contributed by atoms with Crippen molar-refractivity contribution in [1.29, 1.82) is 0 Å². The van der Waals surface area contributed by atoms with E-state index in [2.05, 4.69) is 5.32 Å². The lowest BCUT2D eigenvalue weighted by atomic mass is 10.1. The lowest BCUT2D eigenvalue weighted by molar-refractivity contribution is -0.140. The molecule has 0 aromatic heterocycles. The second-order valence-corrected chi connectivity index (χ2v) is 4.71. The summed E-state index contributed by atoms with van der Waals surface area (Å²) in [5.74, 6) is -1.24. The quantitative estimate of drug-likeness (QED) is 0.804. The summed E-state index contributed by atoms with van der Waals surface area (Å²) < 4.78 is 4.96. The highest BCUT2D eigenvalue weighted by Gasteiger charge is 2.26. The minimum Gasteiger partial charge on any atom is -0.480 e. The first kappa shape index (κ1) is 18.1. The van der Waals surface area contributed by atoms with Crippen molar-refractivity contribution in [3.05, 3.63) is 0 Å². The maximum absolute atomic E-state index is 11.3. The first-order chi connectivity index (χ1) is 7.63. The predicted octanol–water partition coefficient (Wildman–Crippen LogP) is 2.65. The molecule has 0 saturated heterocycles. The molecule has 5 heteroatoms. The monoisotopic (exact) mass is 247 g/mol. The summed E-state index contributed by atoms with van der Waals surface area (Å²) in [6.45, 7) is 12.6. The van der Waals surface area contributed by atoms with Gasteiger partial charge in [0, 0.05) is 0 Å². The number of hydrogen-bond acceptors (Lipinski definition) is 3. The number of alkyl carbamates (subject to hydrolysis) is 1. The standard InChI is InChI=1S/C10H19NO4.C2H6/c1-6(2)7(8(12)13)11-9(14)15-10(3,4)5;1-2/h6-7H,1-5H3,(H,11,14)(H,12,13);1-2H3. The Balaban J connectivity index is 0. The molecule has 102 valence electrons. The summed E-state index contributed by atoms with van der Waals surface area (Å²) in [5.41, 5.74) is -0.621. The highest BCUT2D eigenvalue weighted by Crippen LogP contribution is 2.08. The molecule has 0 aromatic rings. The number of rotatable bonds is 3. The van der Waals surface area contributed by atoms with Crippen molar-refractivity contribution in [3.63, 3.8) is 0 Å². The van der Waals surface area contributed by atoms with Crippen LogP contribution in [0.2, 0.25) is 0 Å². The number of hydrogen-bond donors (Lipinski definition) is 2. The number of carbonyl (C=O) groups excluding carboxylic acids is 1. The van der Waals surface area contributed by atoms with Crippen LogP contribution in [0.3, 0.4) is 0 Å². The van der Waals surface area contributed by atoms with Crippen LogP contribution in [0.4, 0.5) is 4.79 Å². The molecule has 0 aliphatic carbocycles. The lowest BCUT2D eigenvalue weighted by Gasteiger charge is -2.23. The van der Waals surface area contributed by atoms with E-state index in [4.69, 9.17) is 9.84 Å². The Morgan fingerprint density at radius 3 is 1.82 bits per heavy atom. The second-order valence-electron chi connectivity index (χ2n) is 4.71. The van der Waals surface area contributed by atoms with Gasteiger partial charge in [0.25, 0.3) is 0 Å². The molecule has 0 aliphatic heterocycles. The number of carbonyl (C=O) groups is 2. The molecule has 0 bridgehead atoms. The Morgan fingerprint density at radius 2 is 1.59 bits per heavy atom. The molecule has 0 saturated carbocycles. The number of ether oxygens (including phenoxy) is 1. The highest BCUT2D eigenvalue weighted by atomic mass is 16.6. The first-order valence-electron chi connectivity index (χ1n) is 5.86. The van der Waals surface area contributed by atoms with E-state index in [9.17, 15) is 9.59 Å². The molecule has 17 heavy (non-hydrogen) atoms. The van der Waals surface area contributed by atoms with Crippen LogP contribution in [-0.4, -0.2) is 28.8 Å². The summed E-state index contributed by atoms with van der Waals surface area (Å²) in [5, 5.41) is 11.1. The zero-order valence-electron chi connectivity index (χ0n) is 11.8. The third-order valence-corrected chi connectivity index (χ3v) is 1.60. The predicted molar refractivity (Wildman–Crippen MR) is 67.0 cm³/mol. The number of amides is 1. The van der Waals surface area contributed by atoms with Crippen molar-refractivity contribution < 1.29 is 19.4 Å². The third-order valence-electron chi connectivity index (χ3n) is 1.60. The summed E-state index contributed by atoms with van der Waals surface area (Å²) in [6, 6.07) is -0.917. The smallest absolute Gasteiger partial charge is 0.408 e. The van der Waals surface area contributed by atoms with Crippen molar-refractivity contribution in [2.75, 3.05) is 0 Å². The van der Waals surface area contributed by atoms with Crippen molar-refractivity contribution in [1.82, 2.24) is 5.32 Å². The van der Waals surface area contributed by atoms with E-state index in [0.29, 0.717) is 0 Å². The topological polar surface area (TPSA) is 75.6 Å². The zero-order valence-corrected chi connectivity index (χ0v) is 11.8. The molecule has 0 spiro atoms. The summed E-state index contributed by atoms with van der Waals surface area (Å²) in [7, 11) is 0. The molecule has 2 N–H and O–H groups in total. The fourth-order valence-corrected chi connectivity index (χ4v) is 0.948. The molecule has 0 aliphatic rings. The summed E-state index contributed by atoms with van der Waals surface area (Å²) in [6.07, 6.45) is -0.705. The van der Waals surface area contributed by atoms with Gasteiger partial charge in [-0.3, -0.25) is 0 Å². The van der Waals surface area contributed by atoms with E-state index >= 15 is 0 Å². The number of carboxylic acids is 1. The van der Waals surface area contributed by atoms with E-state index in [0.717, 1.165) is 0 Å². The number of carboxylic acid groups (broad SMARTS) is 1. The van der Waals surface area contributed by atoms with Crippen LogP contribution in [0.25, 0.3) is 0 Å². The average Bonchev–Trinajstić information content (AvgIpc) is 2.13. The van der Waals surface area contributed by atoms with Crippen LogP contribution in [0, 0.1) is 5.92 Å². The van der Waals surface area contributed by atoms with Crippen LogP contribution in [0.5, 0.6) is 0 Å².